The Labute approximate surface area is 215 Å². The molecule has 0 bridgehead atoms. The molecule has 2 aromatic carbocycles. The second-order valence-electron chi connectivity index (χ2n) is 7.92. The molecular formula is C26H22N2O8S. The van der Waals surface area contributed by atoms with Crippen LogP contribution in [0.5, 0.6) is 5.75 Å². The third kappa shape index (κ3) is 4.56. The van der Waals surface area contributed by atoms with Crippen LogP contribution in [0.2, 0.25) is 0 Å². The van der Waals surface area contributed by atoms with Crippen LogP contribution in [0, 0.1) is 6.92 Å². The first kappa shape index (κ1) is 25.6. The van der Waals surface area contributed by atoms with Gasteiger partial charge in [0.2, 0.25) is 0 Å². The number of methoxy groups -OCH3 is 3. The molecule has 190 valence electrons. The molecular weight excluding hydrogens is 500 g/mol. The SMILES string of the molecule is COC(=O)c1ccc([C@@H]2/C(=C(\O)c3cccc(OC)c3)C(=O)C(=O)N2c2nc(C)c(C(=O)OC)s2)cc1. The van der Waals surface area contributed by atoms with Gasteiger partial charge < -0.3 is 19.3 Å². The number of aliphatic hydroxyl groups is 1. The van der Waals surface area contributed by atoms with Crippen LogP contribution in [0.1, 0.15) is 42.9 Å². The van der Waals surface area contributed by atoms with Crippen molar-refractivity contribution in [2.75, 3.05) is 26.2 Å². The van der Waals surface area contributed by atoms with Crippen LogP contribution in [-0.4, -0.2) is 55.0 Å². The highest BCUT2D eigenvalue weighted by atomic mass is 32.1. The van der Waals surface area contributed by atoms with E-state index >= 15 is 0 Å². The van der Waals surface area contributed by atoms with Crippen molar-refractivity contribution in [2.24, 2.45) is 0 Å². The molecule has 0 radical (unpaired) electrons. The Morgan fingerprint density at radius 2 is 1.65 bits per heavy atom. The van der Waals surface area contributed by atoms with Crippen LogP contribution < -0.4 is 9.64 Å². The van der Waals surface area contributed by atoms with E-state index in [1.807, 2.05) is 0 Å². The molecule has 37 heavy (non-hydrogen) atoms. The minimum atomic E-state index is -1.10. The van der Waals surface area contributed by atoms with Crippen molar-refractivity contribution < 1.29 is 38.5 Å². The summed E-state index contributed by atoms with van der Waals surface area (Å²) in [6, 6.07) is 11.4. The molecule has 10 nitrogen and oxygen atoms in total. The van der Waals surface area contributed by atoms with Gasteiger partial charge in [0.1, 0.15) is 16.4 Å². The number of carbonyl (C=O) groups excluding carboxylic acids is 4. The third-order valence-corrected chi connectivity index (χ3v) is 6.93. The summed E-state index contributed by atoms with van der Waals surface area (Å²) in [6.45, 7) is 1.58. The van der Waals surface area contributed by atoms with Crippen LogP contribution in [-0.2, 0) is 19.1 Å². The van der Waals surface area contributed by atoms with Crippen molar-refractivity contribution in [1.82, 2.24) is 4.98 Å². The second-order valence-corrected chi connectivity index (χ2v) is 8.89. The van der Waals surface area contributed by atoms with E-state index in [-0.39, 0.29) is 26.7 Å². The normalized spacial score (nSPS) is 16.5. The Hall–Kier alpha value is -4.51. The topological polar surface area (TPSA) is 132 Å². The molecule has 1 saturated heterocycles. The average molecular weight is 523 g/mol. The lowest BCUT2D eigenvalue weighted by Crippen LogP contribution is -2.29. The Morgan fingerprint density at radius 1 is 0.973 bits per heavy atom. The van der Waals surface area contributed by atoms with Crippen molar-refractivity contribution in [2.45, 2.75) is 13.0 Å². The van der Waals surface area contributed by atoms with E-state index < -0.39 is 35.4 Å². The number of thiazole rings is 1. The van der Waals surface area contributed by atoms with Gasteiger partial charge in [-0.25, -0.2) is 14.6 Å². The van der Waals surface area contributed by atoms with Crippen molar-refractivity contribution >= 4 is 45.9 Å². The highest BCUT2D eigenvalue weighted by molar-refractivity contribution is 7.17. The van der Waals surface area contributed by atoms with Crippen molar-refractivity contribution in [3.05, 3.63) is 81.4 Å². The molecule has 1 aliphatic rings. The number of Topliss-reactive ketones (excluding diaryl/α,β-unsaturated/α-hetero) is 1. The Kier molecular flexibility index (Phi) is 7.07. The Balaban J connectivity index is 1.93. The Bertz CT molecular complexity index is 1440. The van der Waals surface area contributed by atoms with Gasteiger partial charge in [-0.3, -0.25) is 14.5 Å². The second kappa shape index (κ2) is 10.2. The van der Waals surface area contributed by atoms with Crippen LogP contribution in [0.4, 0.5) is 5.13 Å². The zero-order valence-corrected chi connectivity index (χ0v) is 21.1. The van der Waals surface area contributed by atoms with Crippen LogP contribution in [0.3, 0.4) is 0 Å². The molecule has 11 heteroatoms. The summed E-state index contributed by atoms with van der Waals surface area (Å²) >= 11 is 0.890. The standard InChI is InChI=1S/C26H22N2O8S/c1-13-22(25(33)36-4)37-26(27-13)28-19(14-8-10-15(11-9-14)24(32)35-3)18(21(30)23(28)31)20(29)16-6-5-7-17(12-16)34-2/h5-12,19,29H,1-4H3/b20-18+/t19-/m1/s1. The monoisotopic (exact) mass is 522 g/mol. The van der Waals surface area contributed by atoms with Crippen LogP contribution in [0.15, 0.2) is 54.1 Å². The highest BCUT2D eigenvalue weighted by Crippen LogP contribution is 2.44. The fourth-order valence-corrected chi connectivity index (χ4v) is 4.97. The van der Waals surface area contributed by atoms with E-state index in [4.69, 9.17) is 14.2 Å². The van der Waals surface area contributed by atoms with Gasteiger partial charge in [-0.1, -0.05) is 35.6 Å². The first-order chi connectivity index (χ1) is 17.7. The predicted molar refractivity (Wildman–Crippen MR) is 134 cm³/mol. The van der Waals surface area contributed by atoms with E-state index in [0.717, 1.165) is 16.2 Å². The number of carbonyl (C=O) groups is 4. The average Bonchev–Trinajstić information content (AvgIpc) is 3.43. The number of aryl methyl sites for hydroxylation is 1. The number of amides is 1. The summed E-state index contributed by atoms with van der Waals surface area (Å²) in [6.07, 6.45) is 0. The number of hydrogen-bond donors (Lipinski definition) is 1. The minimum absolute atomic E-state index is 0.0757. The number of ketones is 1. The molecule has 1 N–H and O–H groups in total. The molecule has 1 aromatic heterocycles. The molecule has 1 aliphatic heterocycles. The van der Waals surface area contributed by atoms with Gasteiger partial charge in [-0.15, -0.1) is 0 Å². The lowest BCUT2D eigenvalue weighted by atomic mass is 9.94. The van der Waals surface area contributed by atoms with E-state index in [1.165, 1.54) is 39.5 Å². The summed E-state index contributed by atoms with van der Waals surface area (Å²) < 4.78 is 14.8. The molecule has 3 aromatic rings. The quantitative estimate of drug-likeness (QED) is 0.223. The van der Waals surface area contributed by atoms with Gasteiger partial charge in [-0.05, 0) is 36.8 Å². The maximum atomic E-state index is 13.3. The maximum Gasteiger partial charge on any atom is 0.350 e. The molecule has 0 spiro atoms. The first-order valence-electron chi connectivity index (χ1n) is 10.9. The van der Waals surface area contributed by atoms with Gasteiger partial charge in [0.15, 0.2) is 5.13 Å². The van der Waals surface area contributed by atoms with E-state index in [1.54, 1.807) is 37.3 Å². The maximum absolute atomic E-state index is 13.3. The molecule has 1 fully saturated rings. The summed E-state index contributed by atoms with van der Waals surface area (Å²) in [7, 11) is 3.94. The Morgan fingerprint density at radius 3 is 2.27 bits per heavy atom. The lowest BCUT2D eigenvalue weighted by Gasteiger charge is -2.23. The lowest BCUT2D eigenvalue weighted by molar-refractivity contribution is -0.132. The van der Waals surface area contributed by atoms with Gasteiger partial charge in [0, 0.05) is 5.56 Å². The van der Waals surface area contributed by atoms with Gasteiger partial charge in [-0.2, -0.15) is 0 Å². The zero-order valence-electron chi connectivity index (χ0n) is 20.3. The molecule has 0 unspecified atom stereocenters. The number of anilines is 1. The van der Waals surface area contributed by atoms with E-state index in [0.29, 0.717) is 17.0 Å². The fourth-order valence-electron chi connectivity index (χ4n) is 3.96. The van der Waals surface area contributed by atoms with Gasteiger partial charge in [0.25, 0.3) is 5.78 Å². The third-order valence-electron chi connectivity index (χ3n) is 5.80. The number of rotatable bonds is 6. The largest absolute Gasteiger partial charge is 0.507 e. The summed E-state index contributed by atoms with van der Waals surface area (Å²) in [5.74, 6) is -3.03. The number of benzene rings is 2. The number of esters is 2. The van der Waals surface area contributed by atoms with E-state index in [2.05, 4.69) is 4.98 Å². The summed E-state index contributed by atoms with van der Waals surface area (Å²) in [5.41, 5.74) is 1.08. The van der Waals surface area contributed by atoms with Crippen LogP contribution in [0.25, 0.3) is 5.76 Å². The fraction of sp³-hybridized carbons (Fsp3) is 0.192. The van der Waals surface area contributed by atoms with Crippen LogP contribution >= 0.6 is 11.3 Å². The van der Waals surface area contributed by atoms with Gasteiger partial charge in [0.05, 0.1) is 44.2 Å². The first-order valence-corrected chi connectivity index (χ1v) is 11.7. The minimum Gasteiger partial charge on any atom is -0.507 e. The van der Waals surface area contributed by atoms with Crippen molar-refractivity contribution in [3.63, 3.8) is 0 Å². The smallest absolute Gasteiger partial charge is 0.350 e. The zero-order chi connectivity index (χ0) is 26.9. The van der Waals surface area contributed by atoms with Crippen molar-refractivity contribution in [1.29, 1.82) is 0 Å². The predicted octanol–water partition coefficient (Wildman–Crippen LogP) is 3.66. The number of hydrogen-bond acceptors (Lipinski definition) is 10. The number of ether oxygens (including phenoxy) is 3. The van der Waals surface area contributed by atoms with E-state index in [9.17, 15) is 24.3 Å². The molecule has 1 amide bonds. The highest BCUT2D eigenvalue weighted by Gasteiger charge is 2.48. The number of aliphatic hydroxyl groups excluding tert-OH is 1. The van der Waals surface area contributed by atoms with Crippen molar-refractivity contribution in [3.8, 4) is 5.75 Å². The molecule has 0 aliphatic carbocycles. The molecule has 4 rings (SSSR count). The number of nitrogens with zero attached hydrogens (tertiary/aromatic N) is 2. The molecule has 1 atom stereocenters. The number of aromatic nitrogens is 1. The molecule has 0 saturated carbocycles. The van der Waals surface area contributed by atoms with Gasteiger partial charge >= 0.3 is 17.8 Å². The molecule has 2 heterocycles. The summed E-state index contributed by atoms with van der Waals surface area (Å²) in [5, 5.41) is 11.3. The summed E-state index contributed by atoms with van der Waals surface area (Å²) in [4.78, 5) is 56.4.